The first-order valence-corrected chi connectivity index (χ1v) is 8.50. The second-order valence-corrected chi connectivity index (χ2v) is 7.48. The van der Waals surface area contributed by atoms with E-state index in [4.69, 9.17) is 5.73 Å². The Bertz CT molecular complexity index is 557. The van der Waals surface area contributed by atoms with Gasteiger partial charge in [-0.2, -0.15) is 0 Å². The molecule has 2 rings (SSSR count). The topological polar surface area (TPSA) is 89.3 Å². The normalized spacial score (nSPS) is 22.4. The van der Waals surface area contributed by atoms with Gasteiger partial charge in [0.25, 0.3) is 0 Å². The van der Waals surface area contributed by atoms with E-state index in [1.165, 1.54) is 0 Å². The van der Waals surface area contributed by atoms with Gasteiger partial charge in [0.1, 0.15) is 0 Å². The minimum absolute atomic E-state index is 0.185. The van der Waals surface area contributed by atoms with Crippen LogP contribution in [0.5, 0.6) is 0 Å². The molecule has 110 valence electrons. The Kier molecular flexibility index (Phi) is 4.77. The third-order valence-corrected chi connectivity index (χ3v) is 6.00. The molecule has 6 heteroatoms. The van der Waals surface area contributed by atoms with Gasteiger partial charge in [-0.3, -0.25) is 4.79 Å². The lowest BCUT2D eigenvalue weighted by Crippen LogP contribution is -2.39. The maximum absolute atomic E-state index is 12.2. The third-order valence-electron chi connectivity index (χ3n) is 3.72. The van der Waals surface area contributed by atoms with Crippen LogP contribution in [0.4, 0.5) is 0 Å². The van der Waals surface area contributed by atoms with E-state index < -0.39 is 21.0 Å². The molecule has 3 N–H and O–H groups in total. The van der Waals surface area contributed by atoms with Crippen molar-refractivity contribution < 1.29 is 13.2 Å². The van der Waals surface area contributed by atoms with Crippen molar-refractivity contribution in [3.8, 4) is 0 Å². The van der Waals surface area contributed by atoms with Crippen LogP contribution in [0.2, 0.25) is 0 Å². The Morgan fingerprint density at radius 1 is 1.35 bits per heavy atom. The summed E-state index contributed by atoms with van der Waals surface area (Å²) in [5.41, 5.74) is 6.51. The first kappa shape index (κ1) is 15.0. The van der Waals surface area contributed by atoms with E-state index in [1.807, 2.05) is 30.3 Å². The standard InChI is InChI=1S/C14H20N2O3S/c15-9-13(11-5-2-1-3-6-11)14(17)16-10-12-7-4-8-20(12,18)19/h1-3,5-6,12-13H,4,7-10,15H2,(H,16,17). The Labute approximate surface area is 119 Å². The molecular formula is C14H20N2O3S. The average Bonchev–Trinajstić information content (AvgIpc) is 2.77. The minimum Gasteiger partial charge on any atom is -0.354 e. The summed E-state index contributed by atoms with van der Waals surface area (Å²) in [6, 6.07) is 9.28. The number of amides is 1. The zero-order valence-corrected chi connectivity index (χ0v) is 12.1. The predicted octanol–water partition coefficient (Wildman–Crippen LogP) is 0.422. The summed E-state index contributed by atoms with van der Waals surface area (Å²) in [5.74, 6) is -0.409. The van der Waals surface area contributed by atoms with E-state index >= 15 is 0 Å². The van der Waals surface area contributed by atoms with Crippen molar-refractivity contribution in [1.82, 2.24) is 5.32 Å². The molecule has 1 aromatic carbocycles. The highest BCUT2D eigenvalue weighted by Gasteiger charge is 2.32. The monoisotopic (exact) mass is 296 g/mol. The number of rotatable bonds is 5. The van der Waals surface area contributed by atoms with Crippen LogP contribution in [0, 0.1) is 0 Å². The summed E-state index contributed by atoms with van der Waals surface area (Å²) >= 11 is 0. The van der Waals surface area contributed by atoms with Crippen LogP contribution < -0.4 is 11.1 Å². The number of hydrogen-bond acceptors (Lipinski definition) is 4. The lowest BCUT2D eigenvalue weighted by atomic mass is 9.98. The van der Waals surface area contributed by atoms with Gasteiger partial charge in [0.05, 0.1) is 16.9 Å². The van der Waals surface area contributed by atoms with E-state index in [9.17, 15) is 13.2 Å². The lowest BCUT2D eigenvalue weighted by molar-refractivity contribution is -0.122. The second kappa shape index (κ2) is 6.37. The number of nitrogens with one attached hydrogen (secondary N) is 1. The van der Waals surface area contributed by atoms with Crippen molar-refractivity contribution in [2.24, 2.45) is 5.73 Å². The van der Waals surface area contributed by atoms with Crippen molar-refractivity contribution in [3.05, 3.63) is 35.9 Å². The van der Waals surface area contributed by atoms with Crippen molar-refractivity contribution in [1.29, 1.82) is 0 Å². The smallest absolute Gasteiger partial charge is 0.228 e. The molecule has 1 aliphatic heterocycles. The fraction of sp³-hybridized carbons (Fsp3) is 0.500. The second-order valence-electron chi connectivity index (χ2n) is 5.08. The van der Waals surface area contributed by atoms with E-state index in [0.717, 1.165) is 5.56 Å². The zero-order chi connectivity index (χ0) is 14.6. The quantitative estimate of drug-likeness (QED) is 0.824. The Morgan fingerprint density at radius 2 is 2.05 bits per heavy atom. The Morgan fingerprint density at radius 3 is 2.60 bits per heavy atom. The van der Waals surface area contributed by atoms with E-state index in [-0.39, 0.29) is 24.7 Å². The fourth-order valence-corrected chi connectivity index (χ4v) is 4.27. The van der Waals surface area contributed by atoms with Crippen LogP contribution in [0.15, 0.2) is 30.3 Å². The molecule has 1 aliphatic rings. The first-order chi connectivity index (χ1) is 9.54. The molecule has 0 spiro atoms. The van der Waals surface area contributed by atoms with Gasteiger partial charge in [-0.15, -0.1) is 0 Å². The third kappa shape index (κ3) is 3.37. The molecule has 1 saturated heterocycles. The highest BCUT2D eigenvalue weighted by atomic mass is 32.2. The van der Waals surface area contributed by atoms with Gasteiger partial charge in [0, 0.05) is 13.1 Å². The van der Waals surface area contributed by atoms with Gasteiger partial charge in [-0.1, -0.05) is 30.3 Å². The maximum atomic E-state index is 12.2. The molecule has 1 heterocycles. The summed E-state index contributed by atoms with van der Waals surface area (Å²) in [4.78, 5) is 12.2. The SMILES string of the molecule is NCC(C(=O)NCC1CCCS1(=O)=O)c1ccccc1. The summed E-state index contributed by atoms with van der Waals surface area (Å²) in [6.45, 7) is 0.387. The summed E-state index contributed by atoms with van der Waals surface area (Å²) < 4.78 is 23.4. The molecular weight excluding hydrogens is 276 g/mol. The van der Waals surface area contributed by atoms with E-state index in [0.29, 0.717) is 12.8 Å². The van der Waals surface area contributed by atoms with Gasteiger partial charge in [0.2, 0.25) is 5.91 Å². The number of sulfone groups is 1. The summed E-state index contributed by atoms with van der Waals surface area (Å²) in [6.07, 6.45) is 1.31. The molecule has 0 aliphatic carbocycles. The van der Waals surface area contributed by atoms with Gasteiger partial charge in [0.15, 0.2) is 9.84 Å². The predicted molar refractivity (Wildman–Crippen MR) is 78.1 cm³/mol. The zero-order valence-electron chi connectivity index (χ0n) is 11.3. The van der Waals surface area contributed by atoms with E-state index in [1.54, 1.807) is 0 Å². The van der Waals surface area contributed by atoms with Crippen molar-refractivity contribution >= 4 is 15.7 Å². The number of hydrogen-bond donors (Lipinski definition) is 2. The molecule has 5 nitrogen and oxygen atoms in total. The van der Waals surface area contributed by atoms with Crippen molar-refractivity contribution in [3.63, 3.8) is 0 Å². The van der Waals surface area contributed by atoms with Crippen LogP contribution in [0.3, 0.4) is 0 Å². The first-order valence-electron chi connectivity index (χ1n) is 6.79. The molecule has 1 fully saturated rings. The number of carbonyl (C=O) groups is 1. The maximum Gasteiger partial charge on any atom is 0.228 e. The van der Waals surface area contributed by atoms with Crippen LogP contribution >= 0.6 is 0 Å². The van der Waals surface area contributed by atoms with Crippen LogP contribution in [0.25, 0.3) is 0 Å². The molecule has 0 bridgehead atoms. The van der Waals surface area contributed by atoms with Gasteiger partial charge >= 0.3 is 0 Å². The number of nitrogens with two attached hydrogens (primary N) is 1. The molecule has 1 amide bonds. The summed E-state index contributed by atoms with van der Waals surface area (Å²) in [5, 5.41) is 2.29. The highest BCUT2D eigenvalue weighted by Crippen LogP contribution is 2.20. The molecule has 20 heavy (non-hydrogen) atoms. The van der Waals surface area contributed by atoms with Gasteiger partial charge < -0.3 is 11.1 Å². The molecule has 0 saturated carbocycles. The largest absolute Gasteiger partial charge is 0.354 e. The minimum atomic E-state index is -3.03. The molecule has 1 aromatic rings. The highest BCUT2D eigenvalue weighted by molar-refractivity contribution is 7.92. The lowest BCUT2D eigenvalue weighted by Gasteiger charge is -2.17. The van der Waals surface area contributed by atoms with Gasteiger partial charge in [-0.05, 0) is 18.4 Å². The Hall–Kier alpha value is -1.40. The van der Waals surface area contributed by atoms with Crippen molar-refractivity contribution in [2.75, 3.05) is 18.8 Å². The van der Waals surface area contributed by atoms with Crippen molar-refractivity contribution in [2.45, 2.75) is 24.0 Å². The fourth-order valence-electron chi connectivity index (χ4n) is 2.50. The molecule has 0 radical (unpaired) electrons. The van der Waals surface area contributed by atoms with E-state index in [2.05, 4.69) is 5.32 Å². The Balaban J connectivity index is 1.97. The molecule has 2 unspecified atom stereocenters. The van der Waals surface area contributed by atoms with Gasteiger partial charge in [-0.25, -0.2) is 8.42 Å². The molecule has 0 aromatic heterocycles. The van der Waals surface area contributed by atoms with Crippen LogP contribution in [0.1, 0.15) is 24.3 Å². The molecule has 2 atom stereocenters. The number of carbonyl (C=O) groups excluding carboxylic acids is 1. The summed E-state index contributed by atoms with van der Waals surface area (Å²) in [7, 11) is -3.03. The average molecular weight is 296 g/mol. The number of benzene rings is 1. The van der Waals surface area contributed by atoms with Crippen LogP contribution in [-0.4, -0.2) is 38.4 Å². The van der Waals surface area contributed by atoms with Crippen LogP contribution in [-0.2, 0) is 14.6 Å².